The molecular weight excluding hydrogens is 262 g/mol. The highest BCUT2D eigenvalue weighted by atomic mass is 32.1. The molecule has 2 nitrogen and oxygen atoms in total. The second-order valence-electron chi connectivity index (χ2n) is 4.70. The summed E-state index contributed by atoms with van der Waals surface area (Å²) in [4.78, 5) is 14.9. The van der Waals surface area contributed by atoms with E-state index in [0.29, 0.717) is 6.42 Å². The standard InChI is InChI=1S/C14H15NOS2/c16-14-8-11(17)9-15(14)6-5-12-7-10-3-1-2-4-13(10)18-12/h1-4,7,11,17H,5-6,8-9H2. The molecular formula is C14H15NOS2. The summed E-state index contributed by atoms with van der Waals surface area (Å²) in [6.07, 6.45) is 1.54. The lowest BCUT2D eigenvalue weighted by Crippen LogP contribution is -2.27. The Kier molecular flexibility index (Phi) is 3.31. The number of benzene rings is 1. The average molecular weight is 277 g/mol. The number of thiol groups is 1. The highest BCUT2D eigenvalue weighted by Crippen LogP contribution is 2.26. The lowest BCUT2D eigenvalue weighted by atomic mass is 10.2. The maximum absolute atomic E-state index is 11.7. The molecule has 1 amide bonds. The normalized spacial score (nSPS) is 19.9. The Bertz CT molecular complexity index is 545. The topological polar surface area (TPSA) is 20.3 Å². The minimum atomic E-state index is 0.222. The van der Waals surface area contributed by atoms with Gasteiger partial charge in [0, 0.05) is 34.3 Å². The van der Waals surface area contributed by atoms with Crippen molar-refractivity contribution in [3.63, 3.8) is 0 Å². The molecule has 18 heavy (non-hydrogen) atoms. The smallest absolute Gasteiger partial charge is 0.223 e. The molecule has 3 rings (SSSR count). The third kappa shape index (κ3) is 2.40. The molecule has 94 valence electrons. The van der Waals surface area contributed by atoms with E-state index in [1.807, 2.05) is 16.2 Å². The van der Waals surface area contributed by atoms with Crippen LogP contribution in [0.2, 0.25) is 0 Å². The Morgan fingerprint density at radius 2 is 2.22 bits per heavy atom. The third-order valence-corrected chi connectivity index (χ3v) is 4.82. The van der Waals surface area contributed by atoms with E-state index in [-0.39, 0.29) is 11.2 Å². The van der Waals surface area contributed by atoms with Crippen LogP contribution in [-0.2, 0) is 11.2 Å². The van der Waals surface area contributed by atoms with Gasteiger partial charge in [-0.3, -0.25) is 4.79 Å². The second-order valence-corrected chi connectivity index (χ2v) is 6.60. The fourth-order valence-electron chi connectivity index (χ4n) is 2.37. The SMILES string of the molecule is O=C1CC(S)CN1CCc1cc2ccccc2s1. The van der Waals surface area contributed by atoms with Crippen molar-refractivity contribution >= 4 is 40.0 Å². The molecule has 1 aromatic carbocycles. The Balaban J connectivity index is 1.68. The fourth-order valence-corrected chi connectivity index (χ4v) is 3.78. The Hall–Kier alpha value is -1.00. The molecule has 1 atom stereocenters. The first-order chi connectivity index (χ1) is 8.72. The van der Waals surface area contributed by atoms with E-state index < -0.39 is 0 Å². The quantitative estimate of drug-likeness (QED) is 0.855. The lowest BCUT2D eigenvalue weighted by Gasteiger charge is -2.14. The molecule has 0 radical (unpaired) electrons. The Morgan fingerprint density at radius 1 is 1.39 bits per heavy atom. The zero-order valence-electron chi connectivity index (χ0n) is 10.0. The maximum Gasteiger partial charge on any atom is 0.223 e. The summed E-state index contributed by atoms with van der Waals surface area (Å²) >= 11 is 6.20. The minimum absolute atomic E-state index is 0.222. The monoisotopic (exact) mass is 277 g/mol. The van der Waals surface area contributed by atoms with Crippen LogP contribution in [0.25, 0.3) is 10.1 Å². The van der Waals surface area contributed by atoms with Gasteiger partial charge in [0.25, 0.3) is 0 Å². The van der Waals surface area contributed by atoms with E-state index in [4.69, 9.17) is 0 Å². The zero-order chi connectivity index (χ0) is 12.5. The largest absolute Gasteiger partial charge is 0.341 e. The predicted octanol–water partition coefficient (Wildman–Crippen LogP) is 2.97. The number of carbonyl (C=O) groups is 1. The number of amides is 1. The van der Waals surface area contributed by atoms with Crippen LogP contribution in [-0.4, -0.2) is 29.1 Å². The van der Waals surface area contributed by atoms with E-state index >= 15 is 0 Å². The summed E-state index contributed by atoms with van der Waals surface area (Å²) in [5, 5.41) is 1.53. The van der Waals surface area contributed by atoms with Gasteiger partial charge in [0.2, 0.25) is 5.91 Å². The maximum atomic E-state index is 11.7. The van der Waals surface area contributed by atoms with Gasteiger partial charge in [0.1, 0.15) is 0 Å². The molecule has 1 unspecified atom stereocenters. The predicted molar refractivity (Wildman–Crippen MR) is 79.5 cm³/mol. The van der Waals surface area contributed by atoms with Gasteiger partial charge < -0.3 is 4.90 Å². The molecule has 1 aromatic heterocycles. The average Bonchev–Trinajstić information content (AvgIpc) is 2.89. The molecule has 4 heteroatoms. The first-order valence-electron chi connectivity index (χ1n) is 6.15. The van der Waals surface area contributed by atoms with Gasteiger partial charge in [-0.2, -0.15) is 12.6 Å². The van der Waals surface area contributed by atoms with Crippen LogP contribution in [0.4, 0.5) is 0 Å². The summed E-state index contributed by atoms with van der Waals surface area (Å²) < 4.78 is 1.33. The molecule has 0 N–H and O–H groups in total. The van der Waals surface area contributed by atoms with Gasteiger partial charge in [0.15, 0.2) is 0 Å². The number of hydrogen-bond acceptors (Lipinski definition) is 3. The number of likely N-dealkylation sites (tertiary alicyclic amines) is 1. The van der Waals surface area contributed by atoms with Gasteiger partial charge >= 0.3 is 0 Å². The lowest BCUT2D eigenvalue weighted by molar-refractivity contribution is -0.127. The van der Waals surface area contributed by atoms with E-state index in [0.717, 1.165) is 19.5 Å². The first-order valence-corrected chi connectivity index (χ1v) is 7.49. The van der Waals surface area contributed by atoms with Crippen molar-refractivity contribution < 1.29 is 4.79 Å². The van der Waals surface area contributed by atoms with Crippen LogP contribution >= 0.6 is 24.0 Å². The Labute approximate surface area is 116 Å². The number of hydrogen-bond donors (Lipinski definition) is 1. The molecule has 2 aromatic rings. The van der Waals surface area contributed by atoms with Crippen LogP contribution in [0.3, 0.4) is 0 Å². The van der Waals surface area contributed by atoms with Crippen molar-refractivity contribution in [3.05, 3.63) is 35.2 Å². The number of thiophene rings is 1. The number of carbonyl (C=O) groups excluding carboxylic acids is 1. The summed E-state index contributed by atoms with van der Waals surface area (Å²) in [6, 6.07) is 10.7. The van der Waals surface area contributed by atoms with Crippen LogP contribution in [0.15, 0.2) is 30.3 Å². The molecule has 1 aliphatic heterocycles. The van der Waals surface area contributed by atoms with Crippen LogP contribution in [0, 0.1) is 0 Å². The molecule has 0 saturated carbocycles. The van der Waals surface area contributed by atoms with Gasteiger partial charge in [0.05, 0.1) is 0 Å². The summed E-state index contributed by atoms with van der Waals surface area (Å²) in [5.41, 5.74) is 0. The van der Waals surface area contributed by atoms with Crippen LogP contribution < -0.4 is 0 Å². The van der Waals surface area contributed by atoms with Crippen molar-refractivity contribution in [2.75, 3.05) is 13.1 Å². The highest BCUT2D eigenvalue weighted by molar-refractivity contribution is 7.81. The molecule has 1 saturated heterocycles. The molecule has 1 aliphatic rings. The summed E-state index contributed by atoms with van der Waals surface area (Å²) in [5.74, 6) is 0.246. The minimum Gasteiger partial charge on any atom is -0.341 e. The molecule has 1 fully saturated rings. The Morgan fingerprint density at radius 3 is 2.94 bits per heavy atom. The molecule has 0 spiro atoms. The van der Waals surface area contributed by atoms with Gasteiger partial charge in [-0.15, -0.1) is 11.3 Å². The number of fused-ring (bicyclic) bond motifs is 1. The second kappa shape index (κ2) is 4.94. The van der Waals surface area contributed by atoms with Crippen LogP contribution in [0.1, 0.15) is 11.3 Å². The van der Waals surface area contributed by atoms with Crippen LogP contribution in [0.5, 0.6) is 0 Å². The van der Waals surface area contributed by atoms with Gasteiger partial charge in [-0.05, 0) is 23.9 Å². The summed E-state index contributed by atoms with van der Waals surface area (Å²) in [6.45, 7) is 1.62. The van der Waals surface area contributed by atoms with E-state index in [1.165, 1.54) is 15.0 Å². The molecule has 2 heterocycles. The number of rotatable bonds is 3. The van der Waals surface area contributed by atoms with Crippen molar-refractivity contribution in [3.8, 4) is 0 Å². The van der Waals surface area contributed by atoms with Gasteiger partial charge in [-0.25, -0.2) is 0 Å². The summed E-state index contributed by atoms with van der Waals surface area (Å²) in [7, 11) is 0. The third-order valence-electron chi connectivity index (χ3n) is 3.30. The van der Waals surface area contributed by atoms with Crippen molar-refractivity contribution in [1.29, 1.82) is 0 Å². The van der Waals surface area contributed by atoms with Gasteiger partial charge in [-0.1, -0.05) is 18.2 Å². The van der Waals surface area contributed by atoms with Crippen molar-refractivity contribution in [2.24, 2.45) is 0 Å². The highest BCUT2D eigenvalue weighted by Gasteiger charge is 2.26. The number of nitrogens with zero attached hydrogens (tertiary/aromatic N) is 1. The first kappa shape index (κ1) is 12.1. The molecule has 0 aliphatic carbocycles. The van der Waals surface area contributed by atoms with E-state index in [1.54, 1.807) is 0 Å². The van der Waals surface area contributed by atoms with Crippen molar-refractivity contribution in [2.45, 2.75) is 18.1 Å². The van der Waals surface area contributed by atoms with E-state index in [9.17, 15) is 4.79 Å². The van der Waals surface area contributed by atoms with Crippen molar-refractivity contribution in [1.82, 2.24) is 4.90 Å². The fraction of sp³-hybridized carbons (Fsp3) is 0.357. The van der Waals surface area contributed by atoms with E-state index in [2.05, 4.69) is 43.0 Å². The molecule has 0 bridgehead atoms. The zero-order valence-corrected chi connectivity index (χ0v) is 11.7.